The Labute approximate surface area is 315 Å². The van der Waals surface area contributed by atoms with E-state index in [9.17, 15) is 59.1 Å². The maximum Gasteiger partial charge on any atom is 0.326 e. The zero-order valence-electron chi connectivity index (χ0n) is 30.5. The molecule has 1 rings (SSSR count). The van der Waals surface area contributed by atoms with Crippen molar-refractivity contribution in [2.75, 3.05) is 19.8 Å². The van der Waals surface area contributed by atoms with Gasteiger partial charge in [-0.2, -0.15) is 0 Å². The second-order valence-corrected chi connectivity index (χ2v) is 12.5. The molecular weight excluding hydrogens is 732 g/mol. The monoisotopic (exact) mass is 784 g/mol. The summed E-state index contributed by atoms with van der Waals surface area (Å²) in [6.07, 6.45) is -3.32. The van der Waals surface area contributed by atoms with Crippen LogP contribution in [0.25, 0.3) is 0 Å². The summed E-state index contributed by atoms with van der Waals surface area (Å²) in [5.74, 6) is -8.05. The van der Waals surface area contributed by atoms with Crippen LogP contribution in [0.4, 0.5) is 0 Å². The van der Waals surface area contributed by atoms with Gasteiger partial charge >= 0.3 is 5.97 Å². The first-order valence-corrected chi connectivity index (χ1v) is 16.9. The van der Waals surface area contributed by atoms with E-state index in [0.717, 1.165) is 6.92 Å². The largest absolute Gasteiger partial charge is 0.508 e. The molecule has 0 radical (unpaired) electrons. The number of aliphatic hydroxyl groups excluding tert-OH is 4. The number of aliphatic carboxylic acids is 1. The standard InChI is InChI=1S/C32H52N10O13/c1-14(37-29(52)23(15(2)45)41-26(49)19(33)12-43)25(48)40-22(13-44)28(51)39-21(11-17-6-8-18(47)9-7-17)27(50)42-24(16(3)46)30(53)38-20(31(54)55)5-4-10-36-32(34)35/h6-9,14-16,19-24,43-47H,4-5,10-13,33H2,1-3H3,(H,37,52)(H,38,53)(H,39,51)(H,40,48)(H,41,49)(H,42,50)(H,54,55)(H4,34,35,36)/t14-,15+,16+,19-,20-,21-,22-,23-,24-/m0/s1. The summed E-state index contributed by atoms with van der Waals surface area (Å²) in [5, 5.41) is 72.1. The molecule has 0 fully saturated rings. The number of phenols is 1. The quantitative estimate of drug-likeness (QED) is 0.0278. The highest BCUT2D eigenvalue weighted by atomic mass is 16.4. The molecule has 0 saturated carbocycles. The van der Waals surface area contributed by atoms with Crippen molar-refractivity contribution in [3.63, 3.8) is 0 Å². The molecule has 9 atom stereocenters. The number of hydrogen-bond donors (Lipinski definition) is 15. The van der Waals surface area contributed by atoms with Gasteiger partial charge in [-0.1, -0.05) is 12.1 Å². The number of guanidine groups is 1. The molecule has 6 amide bonds. The van der Waals surface area contributed by atoms with Crippen LogP contribution < -0.4 is 49.1 Å². The number of nitrogens with one attached hydrogen (secondary N) is 6. The zero-order valence-corrected chi connectivity index (χ0v) is 30.5. The number of nitrogens with two attached hydrogens (primary N) is 3. The molecule has 0 saturated heterocycles. The Kier molecular flexibility index (Phi) is 20.0. The highest BCUT2D eigenvalue weighted by Crippen LogP contribution is 2.12. The molecular formula is C32H52N10O13. The molecule has 18 N–H and O–H groups in total. The number of hydrogen-bond acceptors (Lipinski definition) is 14. The van der Waals surface area contributed by atoms with Crippen LogP contribution in [0.15, 0.2) is 29.3 Å². The van der Waals surface area contributed by atoms with Crippen LogP contribution in [0.3, 0.4) is 0 Å². The lowest BCUT2D eigenvalue weighted by Crippen LogP contribution is -2.62. The van der Waals surface area contributed by atoms with Gasteiger partial charge < -0.3 is 79.7 Å². The molecule has 308 valence electrons. The van der Waals surface area contributed by atoms with E-state index < -0.39 is 109 Å². The van der Waals surface area contributed by atoms with Crippen molar-refractivity contribution < 1.29 is 64.2 Å². The minimum atomic E-state index is -1.74. The Balaban J connectivity index is 3.18. The molecule has 1 aromatic carbocycles. The summed E-state index contributed by atoms with van der Waals surface area (Å²) in [4.78, 5) is 93.4. The lowest BCUT2D eigenvalue weighted by atomic mass is 10.0. The summed E-state index contributed by atoms with van der Waals surface area (Å²) in [6.45, 7) is 1.78. The third-order valence-electron chi connectivity index (χ3n) is 7.80. The van der Waals surface area contributed by atoms with Crippen molar-refractivity contribution in [2.24, 2.45) is 22.2 Å². The summed E-state index contributed by atoms with van der Waals surface area (Å²) in [6, 6.07) is -5.53. The van der Waals surface area contributed by atoms with Crippen molar-refractivity contribution in [3.05, 3.63) is 29.8 Å². The predicted molar refractivity (Wildman–Crippen MR) is 192 cm³/mol. The van der Waals surface area contributed by atoms with Gasteiger partial charge in [0, 0.05) is 13.0 Å². The number of carboxylic acids is 1. The van der Waals surface area contributed by atoms with Gasteiger partial charge in [-0.25, -0.2) is 4.79 Å². The fourth-order valence-electron chi connectivity index (χ4n) is 4.64. The number of aliphatic hydroxyl groups is 4. The number of carbonyl (C=O) groups excluding carboxylic acids is 6. The van der Waals surface area contributed by atoms with Crippen LogP contribution in [-0.2, 0) is 40.0 Å². The number of phenolic OH excluding ortho intramolecular Hbond substituents is 1. The number of aromatic hydroxyl groups is 1. The molecule has 0 spiro atoms. The van der Waals surface area contributed by atoms with Crippen LogP contribution in [0.5, 0.6) is 5.75 Å². The Hall–Kier alpha value is -5.62. The van der Waals surface area contributed by atoms with Crippen LogP contribution >= 0.6 is 0 Å². The van der Waals surface area contributed by atoms with E-state index >= 15 is 0 Å². The number of aliphatic imine (C=N–C) groups is 1. The van der Waals surface area contributed by atoms with Crippen molar-refractivity contribution in [2.45, 2.75) is 94.5 Å². The minimum Gasteiger partial charge on any atom is -0.508 e. The number of nitrogens with zero attached hydrogens (tertiary/aromatic N) is 1. The van der Waals surface area contributed by atoms with E-state index in [-0.39, 0.29) is 37.5 Å². The van der Waals surface area contributed by atoms with Crippen LogP contribution in [-0.4, -0.2) is 152 Å². The Morgan fingerprint density at radius 2 is 1.16 bits per heavy atom. The molecule has 0 aromatic heterocycles. The smallest absolute Gasteiger partial charge is 0.326 e. The Bertz CT molecular complexity index is 1510. The van der Waals surface area contributed by atoms with Crippen molar-refractivity contribution in [3.8, 4) is 5.75 Å². The van der Waals surface area contributed by atoms with Gasteiger partial charge in [0.25, 0.3) is 0 Å². The number of carboxylic acid groups (broad SMARTS) is 1. The second kappa shape index (κ2) is 23.2. The van der Waals surface area contributed by atoms with E-state index in [1.807, 2.05) is 0 Å². The molecule has 0 aliphatic heterocycles. The normalized spacial score (nSPS) is 15.9. The van der Waals surface area contributed by atoms with Crippen LogP contribution in [0, 0.1) is 0 Å². The average molecular weight is 785 g/mol. The third kappa shape index (κ3) is 16.5. The average Bonchev–Trinajstić information content (AvgIpc) is 3.11. The summed E-state index contributed by atoms with van der Waals surface area (Å²) < 4.78 is 0. The fraction of sp³-hybridized carbons (Fsp3) is 0.562. The predicted octanol–water partition coefficient (Wildman–Crippen LogP) is -6.92. The van der Waals surface area contributed by atoms with Gasteiger partial charge in [0.2, 0.25) is 35.4 Å². The van der Waals surface area contributed by atoms with Crippen LogP contribution in [0.1, 0.15) is 39.2 Å². The summed E-state index contributed by atoms with van der Waals surface area (Å²) >= 11 is 0. The van der Waals surface area contributed by atoms with Crippen LogP contribution in [0.2, 0.25) is 0 Å². The van der Waals surface area contributed by atoms with Crippen molar-refractivity contribution in [1.82, 2.24) is 31.9 Å². The molecule has 1 aromatic rings. The van der Waals surface area contributed by atoms with E-state index in [1.165, 1.54) is 38.1 Å². The topological polar surface area (TPSA) is 403 Å². The van der Waals surface area contributed by atoms with Gasteiger partial charge in [0.05, 0.1) is 25.4 Å². The molecule has 23 nitrogen and oxygen atoms in total. The van der Waals surface area contributed by atoms with Crippen molar-refractivity contribution >= 4 is 47.4 Å². The number of amides is 6. The van der Waals surface area contributed by atoms with E-state index in [2.05, 4.69) is 36.9 Å². The molecule has 0 bridgehead atoms. The van der Waals surface area contributed by atoms with Gasteiger partial charge in [-0.05, 0) is 51.3 Å². The SMILES string of the molecule is C[C@H](NC(=O)[C@@H](NC(=O)[C@@H](N)CO)[C@@H](C)O)C(=O)N[C@@H](CO)C(=O)N[C@@H](Cc1ccc(O)cc1)C(=O)N[C@H](C(=O)N[C@@H](CCCN=C(N)N)C(=O)O)[C@@H](C)O. The lowest BCUT2D eigenvalue weighted by molar-refractivity contribution is -0.143. The lowest BCUT2D eigenvalue weighted by Gasteiger charge is -2.27. The maximum absolute atomic E-state index is 13.6. The zero-order chi connectivity index (χ0) is 42.0. The molecule has 55 heavy (non-hydrogen) atoms. The number of carbonyl (C=O) groups is 7. The van der Waals surface area contributed by atoms with Crippen molar-refractivity contribution in [1.29, 1.82) is 0 Å². The van der Waals surface area contributed by atoms with Gasteiger partial charge in [0.1, 0.15) is 48.0 Å². The first-order valence-electron chi connectivity index (χ1n) is 16.9. The third-order valence-corrected chi connectivity index (χ3v) is 7.80. The van der Waals surface area contributed by atoms with E-state index in [0.29, 0.717) is 5.56 Å². The number of benzene rings is 1. The second-order valence-electron chi connectivity index (χ2n) is 12.5. The van der Waals surface area contributed by atoms with Gasteiger partial charge in [-0.15, -0.1) is 0 Å². The highest BCUT2D eigenvalue weighted by Gasteiger charge is 2.35. The first-order chi connectivity index (χ1) is 25.7. The molecule has 0 unspecified atom stereocenters. The number of rotatable bonds is 23. The molecule has 0 heterocycles. The Morgan fingerprint density at radius 1 is 0.673 bits per heavy atom. The molecule has 23 heteroatoms. The Morgan fingerprint density at radius 3 is 1.65 bits per heavy atom. The summed E-state index contributed by atoms with van der Waals surface area (Å²) in [7, 11) is 0. The van der Waals surface area contributed by atoms with Gasteiger partial charge in [0.15, 0.2) is 5.96 Å². The minimum absolute atomic E-state index is 0.0604. The molecule has 0 aliphatic rings. The summed E-state index contributed by atoms with van der Waals surface area (Å²) in [5.41, 5.74) is 16.3. The van der Waals surface area contributed by atoms with E-state index in [1.54, 1.807) is 0 Å². The fourth-order valence-corrected chi connectivity index (χ4v) is 4.64. The molecule has 0 aliphatic carbocycles. The highest BCUT2D eigenvalue weighted by molar-refractivity contribution is 5.97. The van der Waals surface area contributed by atoms with Gasteiger partial charge in [-0.3, -0.25) is 33.8 Å². The maximum atomic E-state index is 13.6. The van der Waals surface area contributed by atoms with E-state index in [4.69, 9.17) is 22.3 Å². The first kappa shape index (κ1) is 47.4.